The molecule has 1 spiro atoms. The lowest BCUT2D eigenvalue weighted by Gasteiger charge is -2.38. The molecule has 4 heteroatoms. The van der Waals surface area contributed by atoms with E-state index in [0.717, 1.165) is 44.2 Å². The largest absolute Gasteiger partial charge is 0.494 e. The van der Waals surface area contributed by atoms with Crippen molar-refractivity contribution in [3.63, 3.8) is 0 Å². The van der Waals surface area contributed by atoms with Crippen LogP contribution in [-0.2, 0) is 0 Å². The summed E-state index contributed by atoms with van der Waals surface area (Å²) in [4.78, 5) is 7.32. The molecule has 132 valence electrons. The quantitative estimate of drug-likeness (QED) is 0.471. The Hall–Kier alpha value is -1.71. The van der Waals surface area contributed by atoms with Crippen molar-refractivity contribution in [2.75, 3.05) is 32.8 Å². The number of nitrogens with zero attached hydrogens (tertiary/aromatic N) is 2. The number of likely N-dealkylation sites (tertiary alicyclic amines) is 1. The van der Waals surface area contributed by atoms with Crippen LogP contribution in [0.1, 0.15) is 45.4 Å². The van der Waals surface area contributed by atoms with E-state index in [9.17, 15) is 0 Å². The summed E-state index contributed by atoms with van der Waals surface area (Å²) in [7, 11) is 0. The highest BCUT2D eigenvalue weighted by molar-refractivity contribution is 5.80. The Morgan fingerprint density at radius 3 is 2.71 bits per heavy atom. The van der Waals surface area contributed by atoms with Crippen molar-refractivity contribution in [3.8, 4) is 5.75 Å². The van der Waals surface area contributed by atoms with Gasteiger partial charge in [0.25, 0.3) is 0 Å². The minimum atomic E-state index is 0.625. The number of hydrogen-bond donors (Lipinski definition) is 1. The van der Waals surface area contributed by atoms with E-state index in [1.54, 1.807) is 0 Å². The second-order valence-corrected chi connectivity index (χ2v) is 7.13. The van der Waals surface area contributed by atoms with E-state index in [4.69, 9.17) is 9.73 Å². The van der Waals surface area contributed by atoms with Gasteiger partial charge in [-0.2, -0.15) is 0 Å². The van der Waals surface area contributed by atoms with Gasteiger partial charge in [0.2, 0.25) is 0 Å². The van der Waals surface area contributed by atoms with Crippen LogP contribution >= 0.6 is 0 Å². The Morgan fingerprint density at radius 1 is 1.21 bits per heavy atom. The zero-order valence-corrected chi connectivity index (χ0v) is 15.0. The molecule has 1 N–H and O–H groups in total. The molecule has 1 saturated carbocycles. The van der Waals surface area contributed by atoms with Gasteiger partial charge in [0, 0.05) is 26.2 Å². The molecule has 1 heterocycles. The molecule has 2 aliphatic rings. The first kappa shape index (κ1) is 17.1. The molecular weight excluding hydrogens is 298 g/mol. The van der Waals surface area contributed by atoms with Crippen LogP contribution in [0, 0.1) is 5.41 Å². The molecular formula is C20H31N3O. The Labute approximate surface area is 146 Å². The molecule has 4 nitrogen and oxygen atoms in total. The summed E-state index contributed by atoms with van der Waals surface area (Å²) in [6.07, 6.45) is 7.72. The summed E-state index contributed by atoms with van der Waals surface area (Å²) >= 11 is 0. The summed E-state index contributed by atoms with van der Waals surface area (Å²) in [5, 5.41) is 3.47. The lowest BCUT2D eigenvalue weighted by atomic mass is 9.68. The summed E-state index contributed by atoms with van der Waals surface area (Å²) in [6, 6.07) is 10.0. The van der Waals surface area contributed by atoms with E-state index >= 15 is 0 Å². The van der Waals surface area contributed by atoms with Crippen molar-refractivity contribution >= 4 is 5.96 Å². The number of rotatable bonds is 7. The van der Waals surface area contributed by atoms with Gasteiger partial charge < -0.3 is 15.0 Å². The number of nitrogens with one attached hydrogen (secondary N) is 1. The summed E-state index contributed by atoms with van der Waals surface area (Å²) in [5.41, 5.74) is 0.625. The second-order valence-electron chi connectivity index (χ2n) is 7.13. The Kier molecular flexibility index (Phi) is 6.00. The standard InChI is InChI=1S/C20H31N3O/c1-2-21-19(23-15-13-20(17-23)11-8-12-20)22-14-6-7-16-24-18-9-4-3-5-10-18/h3-5,9-10H,2,6-8,11-17H2,1H3,(H,21,22). The molecule has 0 amide bonds. The smallest absolute Gasteiger partial charge is 0.193 e. The fourth-order valence-electron chi connectivity index (χ4n) is 3.73. The second kappa shape index (κ2) is 8.41. The van der Waals surface area contributed by atoms with Gasteiger partial charge in [-0.15, -0.1) is 0 Å². The van der Waals surface area contributed by atoms with Gasteiger partial charge in [-0.05, 0) is 56.6 Å². The van der Waals surface area contributed by atoms with Gasteiger partial charge in [0.05, 0.1) is 6.61 Å². The minimum Gasteiger partial charge on any atom is -0.494 e. The SMILES string of the molecule is CCNC(=NCCCCOc1ccccc1)N1CCC2(CCC2)C1. The van der Waals surface area contributed by atoms with Crippen LogP contribution < -0.4 is 10.1 Å². The zero-order chi connectivity index (χ0) is 16.7. The topological polar surface area (TPSA) is 36.9 Å². The third-order valence-electron chi connectivity index (χ3n) is 5.31. The molecule has 1 aromatic rings. The third kappa shape index (κ3) is 4.43. The number of ether oxygens (including phenoxy) is 1. The van der Waals surface area contributed by atoms with Crippen molar-refractivity contribution in [3.05, 3.63) is 30.3 Å². The van der Waals surface area contributed by atoms with Crippen LogP contribution in [0.25, 0.3) is 0 Å². The highest BCUT2D eigenvalue weighted by atomic mass is 16.5. The Balaban J connectivity index is 1.38. The molecule has 0 bridgehead atoms. The van der Waals surface area contributed by atoms with Crippen molar-refractivity contribution in [1.29, 1.82) is 0 Å². The summed E-state index contributed by atoms with van der Waals surface area (Å²) in [5.74, 6) is 2.07. The molecule has 0 radical (unpaired) electrons. The number of guanidine groups is 1. The van der Waals surface area contributed by atoms with Gasteiger partial charge >= 0.3 is 0 Å². The lowest BCUT2D eigenvalue weighted by Crippen LogP contribution is -2.42. The van der Waals surface area contributed by atoms with Crippen LogP contribution in [-0.4, -0.2) is 43.6 Å². The molecule has 1 aliphatic heterocycles. The summed E-state index contributed by atoms with van der Waals surface area (Å²) in [6.45, 7) is 7.11. The van der Waals surface area contributed by atoms with Crippen LogP contribution in [0.2, 0.25) is 0 Å². The maximum absolute atomic E-state index is 5.74. The zero-order valence-electron chi connectivity index (χ0n) is 15.0. The maximum Gasteiger partial charge on any atom is 0.193 e. The predicted octanol–water partition coefficient (Wildman–Crippen LogP) is 3.69. The summed E-state index contributed by atoms with van der Waals surface area (Å²) < 4.78 is 5.74. The van der Waals surface area contributed by atoms with Gasteiger partial charge in [0.15, 0.2) is 5.96 Å². The monoisotopic (exact) mass is 329 g/mol. The van der Waals surface area contributed by atoms with Crippen LogP contribution in [0.4, 0.5) is 0 Å². The fraction of sp³-hybridized carbons (Fsp3) is 0.650. The number of unbranched alkanes of at least 4 members (excludes halogenated alkanes) is 1. The fourth-order valence-corrected chi connectivity index (χ4v) is 3.73. The minimum absolute atomic E-state index is 0.625. The number of aliphatic imine (C=N–C) groups is 1. The average molecular weight is 329 g/mol. The van der Waals surface area contributed by atoms with Gasteiger partial charge in [0.1, 0.15) is 5.75 Å². The van der Waals surface area contributed by atoms with Gasteiger partial charge in [-0.25, -0.2) is 0 Å². The van der Waals surface area contributed by atoms with Crippen LogP contribution in [0.15, 0.2) is 35.3 Å². The molecule has 2 fully saturated rings. The first-order chi connectivity index (χ1) is 11.8. The Bertz CT molecular complexity index is 525. The number of hydrogen-bond acceptors (Lipinski definition) is 2. The first-order valence-electron chi connectivity index (χ1n) is 9.52. The molecule has 1 aliphatic carbocycles. The molecule has 0 aromatic heterocycles. The number of benzene rings is 1. The van der Waals surface area contributed by atoms with Crippen molar-refractivity contribution in [2.24, 2.45) is 10.4 Å². The van der Waals surface area contributed by atoms with Gasteiger partial charge in [-0.1, -0.05) is 24.6 Å². The normalized spacial score (nSPS) is 19.4. The highest BCUT2D eigenvalue weighted by Crippen LogP contribution is 2.47. The molecule has 24 heavy (non-hydrogen) atoms. The predicted molar refractivity (Wildman–Crippen MR) is 99.6 cm³/mol. The first-order valence-corrected chi connectivity index (χ1v) is 9.52. The van der Waals surface area contributed by atoms with Crippen molar-refractivity contribution in [1.82, 2.24) is 10.2 Å². The van der Waals surface area contributed by atoms with E-state index in [0.29, 0.717) is 5.41 Å². The average Bonchev–Trinajstić information content (AvgIpc) is 3.04. The molecule has 0 atom stereocenters. The number of para-hydroxylation sites is 1. The van der Waals surface area contributed by atoms with Crippen LogP contribution in [0.5, 0.6) is 5.75 Å². The molecule has 0 unspecified atom stereocenters. The highest BCUT2D eigenvalue weighted by Gasteiger charge is 2.43. The molecule has 1 aromatic carbocycles. The molecule has 3 rings (SSSR count). The lowest BCUT2D eigenvalue weighted by molar-refractivity contribution is 0.151. The van der Waals surface area contributed by atoms with Crippen molar-refractivity contribution < 1.29 is 4.74 Å². The van der Waals surface area contributed by atoms with E-state index in [-0.39, 0.29) is 0 Å². The third-order valence-corrected chi connectivity index (χ3v) is 5.31. The van der Waals surface area contributed by atoms with E-state index < -0.39 is 0 Å². The maximum atomic E-state index is 5.74. The Morgan fingerprint density at radius 2 is 2.04 bits per heavy atom. The van der Waals surface area contributed by atoms with Gasteiger partial charge in [-0.3, -0.25) is 4.99 Å². The van der Waals surface area contributed by atoms with Crippen LogP contribution in [0.3, 0.4) is 0 Å². The van der Waals surface area contributed by atoms with Crippen molar-refractivity contribution in [2.45, 2.75) is 45.4 Å². The van der Waals surface area contributed by atoms with E-state index in [1.165, 1.54) is 38.8 Å². The molecule has 1 saturated heterocycles. The van der Waals surface area contributed by atoms with E-state index in [1.807, 2.05) is 30.3 Å². The van der Waals surface area contributed by atoms with E-state index in [2.05, 4.69) is 17.1 Å².